The van der Waals surface area contributed by atoms with Crippen LogP contribution in [0.25, 0.3) is 11.0 Å². The molecule has 0 radical (unpaired) electrons. The summed E-state index contributed by atoms with van der Waals surface area (Å²) in [7, 11) is 1.79. The number of carbonyl (C=O) groups is 2. The van der Waals surface area contributed by atoms with Gasteiger partial charge in [-0.05, 0) is 67.8 Å². The van der Waals surface area contributed by atoms with Gasteiger partial charge in [-0.25, -0.2) is 4.98 Å². The Morgan fingerprint density at radius 3 is 2.40 bits per heavy atom. The highest BCUT2D eigenvalue weighted by molar-refractivity contribution is 7.09. The van der Waals surface area contributed by atoms with E-state index in [0.29, 0.717) is 31.1 Å². The lowest BCUT2D eigenvalue weighted by Gasteiger charge is -2.37. The van der Waals surface area contributed by atoms with Crippen molar-refractivity contribution >= 4 is 40.0 Å². The van der Waals surface area contributed by atoms with Crippen molar-refractivity contribution in [2.24, 2.45) is 10.9 Å². The Bertz CT molecular complexity index is 1400. The standard InChI is InChI=1S/C33H46N6O2S/c1-7-11-30(34-6)37-15-17-38(18-16-37)33(41)28(20-23(4)5)36-32(40)24-13-14-29-27(21-24)35-31(22-26-12-10-19-42-26)39(29)25(8-2)9-3/h7,10-14,19,21,23,25,28H,8-9,15-18,20,22H2,1-6H3,(H,36,40)/b11-7-,34-30?/t28-/m0/s1. The van der Waals surface area contributed by atoms with Crippen molar-refractivity contribution in [3.05, 3.63) is 64.1 Å². The van der Waals surface area contributed by atoms with Gasteiger partial charge in [0.2, 0.25) is 5.91 Å². The fourth-order valence-corrected chi connectivity index (χ4v) is 6.53. The van der Waals surface area contributed by atoms with Crippen molar-refractivity contribution in [1.29, 1.82) is 0 Å². The summed E-state index contributed by atoms with van der Waals surface area (Å²) < 4.78 is 2.35. The number of amidine groups is 1. The van der Waals surface area contributed by atoms with Crippen molar-refractivity contribution in [2.75, 3.05) is 33.2 Å². The van der Waals surface area contributed by atoms with Gasteiger partial charge in [0.25, 0.3) is 5.91 Å². The van der Waals surface area contributed by atoms with E-state index < -0.39 is 6.04 Å². The van der Waals surface area contributed by atoms with E-state index in [-0.39, 0.29) is 17.7 Å². The van der Waals surface area contributed by atoms with Gasteiger partial charge in [-0.2, -0.15) is 0 Å². The lowest BCUT2D eigenvalue weighted by atomic mass is 10.0. The predicted molar refractivity (Wildman–Crippen MR) is 174 cm³/mol. The lowest BCUT2D eigenvalue weighted by molar-refractivity contribution is -0.134. The van der Waals surface area contributed by atoms with E-state index in [1.165, 1.54) is 4.88 Å². The first-order valence-corrected chi connectivity index (χ1v) is 16.1. The maximum Gasteiger partial charge on any atom is 0.252 e. The Morgan fingerprint density at radius 1 is 1.10 bits per heavy atom. The number of thiophene rings is 1. The third-order valence-corrected chi connectivity index (χ3v) is 8.89. The van der Waals surface area contributed by atoms with Crippen molar-refractivity contribution in [3.63, 3.8) is 0 Å². The first-order valence-electron chi connectivity index (χ1n) is 15.3. The molecule has 1 aliphatic heterocycles. The highest BCUT2D eigenvalue weighted by atomic mass is 32.1. The molecule has 1 aromatic carbocycles. The smallest absolute Gasteiger partial charge is 0.252 e. The molecular weight excluding hydrogens is 544 g/mol. The Kier molecular flexibility index (Phi) is 11.0. The molecule has 226 valence electrons. The second-order valence-corrected chi connectivity index (χ2v) is 12.4. The van der Waals surface area contributed by atoms with E-state index in [2.05, 4.69) is 65.0 Å². The number of imidazole rings is 1. The zero-order valence-electron chi connectivity index (χ0n) is 26.0. The summed E-state index contributed by atoms with van der Waals surface area (Å²) in [5, 5.41) is 5.18. The second-order valence-electron chi connectivity index (χ2n) is 11.4. The number of rotatable bonds is 11. The number of amides is 2. The molecule has 2 amide bonds. The highest BCUT2D eigenvalue weighted by Crippen LogP contribution is 2.28. The number of aromatic nitrogens is 2. The number of nitrogens with zero attached hydrogens (tertiary/aromatic N) is 5. The monoisotopic (exact) mass is 590 g/mol. The van der Waals surface area contributed by atoms with Gasteiger partial charge in [-0.3, -0.25) is 14.6 Å². The SMILES string of the molecule is C/C=C\C(=NC)N1CCN(C(=O)[C@H](CC(C)C)NC(=O)c2ccc3c(c2)nc(Cc2cccs2)n3C(CC)CC)CC1. The number of benzene rings is 1. The molecule has 0 bridgehead atoms. The molecule has 1 N–H and O–H groups in total. The van der Waals surface area contributed by atoms with Crippen LogP contribution in [0.2, 0.25) is 0 Å². The molecule has 3 aromatic rings. The zero-order chi connectivity index (χ0) is 30.2. The summed E-state index contributed by atoms with van der Waals surface area (Å²) in [6.45, 7) is 13.2. The Labute approximate surface area is 254 Å². The van der Waals surface area contributed by atoms with Crippen molar-refractivity contribution < 1.29 is 9.59 Å². The number of fused-ring (bicyclic) bond motifs is 1. The molecule has 3 heterocycles. The molecular formula is C33H46N6O2S. The van der Waals surface area contributed by atoms with Crippen LogP contribution in [0.5, 0.6) is 0 Å². The predicted octanol–water partition coefficient (Wildman–Crippen LogP) is 5.94. The van der Waals surface area contributed by atoms with Crippen LogP contribution >= 0.6 is 11.3 Å². The molecule has 4 rings (SSSR count). The van der Waals surface area contributed by atoms with Gasteiger partial charge in [-0.1, -0.05) is 39.8 Å². The van der Waals surface area contributed by atoms with Crippen LogP contribution in [-0.2, 0) is 11.2 Å². The third-order valence-electron chi connectivity index (χ3n) is 8.02. The fourth-order valence-electron chi connectivity index (χ4n) is 5.83. The summed E-state index contributed by atoms with van der Waals surface area (Å²) in [6, 6.07) is 9.75. The van der Waals surface area contributed by atoms with E-state index >= 15 is 0 Å². The van der Waals surface area contributed by atoms with Crippen molar-refractivity contribution in [3.8, 4) is 0 Å². The van der Waals surface area contributed by atoms with Crippen LogP contribution in [0.4, 0.5) is 0 Å². The molecule has 1 aliphatic rings. The van der Waals surface area contributed by atoms with Gasteiger partial charge in [0.05, 0.1) is 11.0 Å². The van der Waals surface area contributed by atoms with Crippen molar-refractivity contribution in [1.82, 2.24) is 24.7 Å². The molecule has 0 aliphatic carbocycles. The average molecular weight is 591 g/mol. The second kappa shape index (κ2) is 14.6. The first kappa shape index (κ1) is 31.5. The van der Waals surface area contributed by atoms with E-state index in [4.69, 9.17) is 4.98 Å². The van der Waals surface area contributed by atoms with Crippen LogP contribution in [0.1, 0.15) is 81.0 Å². The van der Waals surface area contributed by atoms with E-state index in [0.717, 1.165) is 55.0 Å². The largest absolute Gasteiger partial charge is 0.353 e. The van der Waals surface area contributed by atoms with Gasteiger partial charge < -0.3 is 19.7 Å². The van der Waals surface area contributed by atoms with Crippen molar-refractivity contribution in [2.45, 2.75) is 72.4 Å². The number of aliphatic imine (C=N–C) groups is 1. The quantitative estimate of drug-likeness (QED) is 0.221. The summed E-state index contributed by atoms with van der Waals surface area (Å²) in [4.78, 5) is 42.0. The third kappa shape index (κ3) is 7.30. The minimum atomic E-state index is -0.578. The van der Waals surface area contributed by atoms with Crippen LogP contribution in [-0.4, -0.2) is 76.3 Å². The molecule has 1 atom stereocenters. The Balaban J connectivity index is 1.53. The molecule has 1 fully saturated rings. The normalized spacial score (nSPS) is 15.4. The summed E-state index contributed by atoms with van der Waals surface area (Å²) >= 11 is 1.74. The van der Waals surface area contributed by atoms with Gasteiger partial charge in [0.1, 0.15) is 17.7 Å². The lowest BCUT2D eigenvalue weighted by Crippen LogP contribution is -2.56. The summed E-state index contributed by atoms with van der Waals surface area (Å²) in [5.41, 5.74) is 2.40. The maximum atomic E-state index is 13.7. The fraction of sp³-hybridized carbons (Fsp3) is 0.515. The number of hydrogen-bond donors (Lipinski definition) is 1. The highest BCUT2D eigenvalue weighted by Gasteiger charge is 2.30. The molecule has 42 heavy (non-hydrogen) atoms. The number of allylic oxidation sites excluding steroid dienone is 1. The number of carbonyl (C=O) groups excluding carboxylic acids is 2. The van der Waals surface area contributed by atoms with Gasteiger partial charge in [-0.15, -0.1) is 11.3 Å². The number of nitrogens with one attached hydrogen (secondary N) is 1. The average Bonchev–Trinajstić information content (AvgIpc) is 3.63. The molecule has 9 heteroatoms. The van der Waals surface area contributed by atoms with Crippen LogP contribution in [0.15, 0.2) is 52.9 Å². The van der Waals surface area contributed by atoms with E-state index in [9.17, 15) is 9.59 Å². The van der Waals surface area contributed by atoms with Crippen LogP contribution in [0.3, 0.4) is 0 Å². The van der Waals surface area contributed by atoms with Crippen LogP contribution < -0.4 is 5.32 Å². The van der Waals surface area contributed by atoms with Gasteiger partial charge in [0, 0.05) is 56.1 Å². The first-order chi connectivity index (χ1) is 20.3. The Morgan fingerprint density at radius 2 is 1.81 bits per heavy atom. The number of hydrogen-bond acceptors (Lipinski definition) is 5. The van der Waals surface area contributed by atoms with E-state index in [1.54, 1.807) is 18.4 Å². The van der Waals surface area contributed by atoms with Gasteiger partial charge in [0.15, 0.2) is 0 Å². The molecule has 8 nitrogen and oxygen atoms in total. The van der Waals surface area contributed by atoms with Gasteiger partial charge >= 0.3 is 0 Å². The summed E-state index contributed by atoms with van der Waals surface area (Å²) in [6.07, 6.45) is 7.35. The maximum absolute atomic E-state index is 13.7. The Hall–Kier alpha value is -3.46. The zero-order valence-corrected chi connectivity index (χ0v) is 26.8. The molecule has 1 saturated heterocycles. The van der Waals surface area contributed by atoms with Crippen LogP contribution in [0, 0.1) is 5.92 Å². The minimum absolute atomic E-state index is 0.0185. The molecule has 0 spiro atoms. The molecule has 0 saturated carbocycles. The number of piperazine rings is 1. The topological polar surface area (TPSA) is 82.8 Å². The summed E-state index contributed by atoms with van der Waals surface area (Å²) in [5.74, 6) is 1.95. The molecule has 2 aromatic heterocycles. The van der Waals surface area contributed by atoms with E-state index in [1.807, 2.05) is 42.2 Å². The molecule has 0 unspecified atom stereocenters. The minimum Gasteiger partial charge on any atom is -0.353 e.